The van der Waals surface area contributed by atoms with Gasteiger partial charge in [-0.3, -0.25) is 9.69 Å². The first-order valence-electron chi connectivity index (χ1n) is 9.33. The van der Waals surface area contributed by atoms with Crippen molar-refractivity contribution in [1.29, 1.82) is 0 Å². The molecule has 2 heterocycles. The highest BCUT2D eigenvalue weighted by Crippen LogP contribution is 2.21. The Balaban J connectivity index is 1.75. The largest absolute Gasteiger partial charge is 0.336 e. The van der Waals surface area contributed by atoms with Gasteiger partial charge in [-0.2, -0.15) is 0 Å². The lowest BCUT2D eigenvalue weighted by molar-refractivity contribution is 0.0696. The summed E-state index contributed by atoms with van der Waals surface area (Å²) in [4.78, 5) is 20.9. The normalized spacial score (nSPS) is 18.6. The Morgan fingerprint density at radius 2 is 1.81 bits per heavy atom. The number of benzene rings is 1. The molecule has 4 nitrogen and oxygen atoms in total. The number of aromatic nitrogens is 1. The van der Waals surface area contributed by atoms with Gasteiger partial charge in [0.1, 0.15) is 17.3 Å². The van der Waals surface area contributed by atoms with E-state index in [0.717, 1.165) is 31.3 Å². The maximum atomic E-state index is 13.2. The maximum absolute atomic E-state index is 13.2. The molecular weight excluding hydrogens is 348 g/mol. The number of hydrogen-bond acceptors (Lipinski definition) is 3. The minimum Gasteiger partial charge on any atom is -0.336 e. The first-order valence-corrected chi connectivity index (χ1v) is 9.33. The molecule has 144 valence electrons. The molecule has 0 aliphatic carbocycles. The summed E-state index contributed by atoms with van der Waals surface area (Å²) in [6.45, 7) is 7.11. The maximum Gasteiger partial charge on any atom is 0.272 e. The molecule has 0 N–H and O–H groups in total. The van der Waals surface area contributed by atoms with Gasteiger partial charge in [-0.1, -0.05) is 26.0 Å². The van der Waals surface area contributed by atoms with E-state index in [1.54, 1.807) is 0 Å². The van der Waals surface area contributed by atoms with Gasteiger partial charge < -0.3 is 4.90 Å². The van der Waals surface area contributed by atoms with Crippen LogP contribution in [-0.4, -0.2) is 46.4 Å². The van der Waals surface area contributed by atoms with Gasteiger partial charge in [0.05, 0.1) is 6.20 Å². The van der Waals surface area contributed by atoms with Crippen LogP contribution in [0, 0.1) is 17.6 Å². The van der Waals surface area contributed by atoms with Crippen molar-refractivity contribution in [2.75, 3.05) is 19.6 Å². The fourth-order valence-corrected chi connectivity index (χ4v) is 3.56. The van der Waals surface area contributed by atoms with Gasteiger partial charge in [0.2, 0.25) is 0 Å². The van der Waals surface area contributed by atoms with E-state index in [0.29, 0.717) is 19.0 Å². The molecule has 1 aliphatic heterocycles. The van der Waals surface area contributed by atoms with Gasteiger partial charge in [-0.05, 0) is 42.2 Å². The van der Waals surface area contributed by atoms with Crippen molar-refractivity contribution in [1.82, 2.24) is 14.8 Å². The molecule has 1 fully saturated rings. The van der Waals surface area contributed by atoms with Crippen molar-refractivity contribution in [3.8, 4) is 0 Å². The van der Waals surface area contributed by atoms with E-state index in [4.69, 9.17) is 0 Å². The molecule has 2 aromatic rings. The van der Waals surface area contributed by atoms with Crippen molar-refractivity contribution >= 4 is 5.91 Å². The topological polar surface area (TPSA) is 36.4 Å². The van der Waals surface area contributed by atoms with Crippen molar-refractivity contribution in [3.05, 3.63) is 65.5 Å². The Morgan fingerprint density at radius 1 is 1.11 bits per heavy atom. The fourth-order valence-electron chi connectivity index (χ4n) is 3.56. The summed E-state index contributed by atoms with van der Waals surface area (Å²) in [5.74, 6) is -0.504. The van der Waals surface area contributed by atoms with Crippen LogP contribution in [0.25, 0.3) is 0 Å². The van der Waals surface area contributed by atoms with Crippen LogP contribution in [0.3, 0.4) is 0 Å². The van der Waals surface area contributed by atoms with Gasteiger partial charge in [0.25, 0.3) is 5.91 Å². The Bertz CT molecular complexity index is 762. The van der Waals surface area contributed by atoms with Crippen LogP contribution in [0.5, 0.6) is 0 Å². The van der Waals surface area contributed by atoms with E-state index < -0.39 is 5.82 Å². The third-order valence-electron chi connectivity index (χ3n) is 5.05. The number of carbonyl (C=O) groups is 1. The third-order valence-corrected chi connectivity index (χ3v) is 5.05. The molecule has 6 heteroatoms. The minimum absolute atomic E-state index is 0.163. The number of rotatable bonds is 4. The van der Waals surface area contributed by atoms with Crippen LogP contribution >= 0.6 is 0 Å². The zero-order valence-corrected chi connectivity index (χ0v) is 15.7. The fraction of sp³-hybridized carbons (Fsp3) is 0.429. The predicted molar refractivity (Wildman–Crippen MR) is 100 cm³/mol. The van der Waals surface area contributed by atoms with Crippen molar-refractivity contribution in [2.24, 2.45) is 5.92 Å². The van der Waals surface area contributed by atoms with E-state index in [9.17, 15) is 13.6 Å². The highest BCUT2D eigenvalue weighted by Gasteiger charge is 2.30. The van der Waals surface area contributed by atoms with Crippen LogP contribution in [-0.2, 0) is 6.54 Å². The molecule has 1 saturated heterocycles. The molecule has 1 amide bonds. The zero-order chi connectivity index (χ0) is 19.4. The molecule has 0 saturated carbocycles. The molecule has 27 heavy (non-hydrogen) atoms. The number of hydrogen-bond donors (Lipinski definition) is 0. The molecule has 0 spiro atoms. The molecule has 1 aliphatic rings. The standard InChI is InChI=1S/C21H25F2N3O/c1-15(2)20-14-26(21(27)19-9-8-18(23)12-24-19)11-3-10-25(20)13-16-4-6-17(22)7-5-16/h4-9,12,15,20H,3,10-11,13-14H2,1-2H3. The quantitative estimate of drug-likeness (QED) is 0.819. The van der Waals surface area contributed by atoms with E-state index in [-0.39, 0.29) is 23.5 Å². The number of halogens is 2. The van der Waals surface area contributed by atoms with Gasteiger partial charge in [-0.15, -0.1) is 0 Å². The van der Waals surface area contributed by atoms with Crippen LogP contribution < -0.4 is 0 Å². The van der Waals surface area contributed by atoms with Gasteiger partial charge in [-0.25, -0.2) is 13.8 Å². The predicted octanol–water partition coefficient (Wildman–Crippen LogP) is 3.73. The average Bonchev–Trinajstić information content (AvgIpc) is 2.86. The van der Waals surface area contributed by atoms with E-state index in [1.807, 2.05) is 17.0 Å². The smallest absolute Gasteiger partial charge is 0.272 e. The van der Waals surface area contributed by atoms with E-state index >= 15 is 0 Å². The Hall–Kier alpha value is -2.34. The van der Waals surface area contributed by atoms with Gasteiger partial charge in [0.15, 0.2) is 0 Å². The van der Waals surface area contributed by atoms with Gasteiger partial charge >= 0.3 is 0 Å². The minimum atomic E-state index is -0.451. The number of carbonyl (C=O) groups excluding carboxylic acids is 1. The lowest BCUT2D eigenvalue weighted by Crippen LogP contribution is -2.45. The summed E-state index contributed by atoms with van der Waals surface area (Å²) >= 11 is 0. The van der Waals surface area contributed by atoms with Crippen LogP contribution in [0.1, 0.15) is 36.3 Å². The second kappa shape index (κ2) is 8.57. The SMILES string of the molecule is CC(C)C1CN(C(=O)c2ccc(F)cn2)CCCN1Cc1ccc(F)cc1. The number of nitrogens with zero attached hydrogens (tertiary/aromatic N) is 3. The summed E-state index contributed by atoms with van der Waals surface area (Å²) in [7, 11) is 0. The molecule has 3 rings (SSSR count). The zero-order valence-electron chi connectivity index (χ0n) is 15.7. The Morgan fingerprint density at radius 3 is 2.44 bits per heavy atom. The lowest BCUT2D eigenvalue weighted by atomic mass is 10.0. The summed E-state index contributed by atoms with van der Waals surface area (Å²) in [6.07, 6.45) is 1.92. The summed E-state index contributed by atoms with van der Waals surface area (Å²) in [5.41, 5.74) is 1.33. The molecular formula is C21H25F2N3O. The second-order valence-electron chi connectivity index (χ2n) is 7.37. The third kappa shape index (κ3) is 4.89. The van der Waals surface area contributed by atoms with Crippen molar-refractivity contribution in [3.63, 3.8) is 0 Å². The first kappa shape index (κ1) is 19.4. The number of pyridine rings is 1. The summed E-state index contributed by atoms with van der Waals surface area (Å²) < 4.78 is 26.3. The van der Waals surface area contributed by atoms with E-state index in [1.165, 1.54) is 24.3 Å². The van der Waals surface area contributed by atoms with Crippen LogP contribution in [0.4, 0.5) is 8.78 Å². The van der Waals surface area contributed by atoms with Gasteiger partial charge in [0, 0.05) is 32.2 Å². The van der Waals surface area contributed by atoms with Crippen molar-refractivity contribution in [2.45, 2.75) is 32.9 Å². The van der Waals surface area contributed by atoms with Crippen LogP contribution in [0.2, 0.25) is 0 Å². The average molecular weight is 373 g/mol. The van der Waals surface area contributed by atoms with E-state index in [2.05, 4.69) is 23.7 Å². The summed E-state index contributed by atoms with van der Waals surface area (Å²) in [6, 6.07) is 9.46. The highest BCUT2D eigenvalue weighted by molar-refractivity contribution is 5.92. The highest BCUT2D eigenvalue weighted by atomic mass is 19.1. The van der Waals surface area contributed by atoms with Crippen LogP contribution in [0.15, 0.2) is 42.6 Å². The number of amides is 1. The Kier molecular flexibility index (Phi) is 6.16. The summed E-state index contributed by atoms with van der Waals surface area (Å²) in [5, 5.41) is 0. The first-order chi connectivity index (χ1) is 12.9. The monoisotopic (exact) mass is 373 g/mol. The van der Waals surface area contributed by atoms with Crippen molar-refractivity contribution < 1.29 is 13.6 Å². The second-order valence-corrected chi connectivity index (χ2v) is 7.37. The molecule has 1 aromatic carbocycles. The molecule has 1 aromatic heterocycles. The lowest BCUT2D eigenvalue weighted by Gasteiger charge is -2.34. The molecule has 0 radical (unpaired) electrons. The molecule has 1 atom stereocenters. The Labute approximate surface area is 158 Å². The molecule has 1 unspecified atom stereocenters. The molecule has 0 bridgehead atoms.